The van der Waals surface area contributed by atoms with Crippen LogP contribution in [0.3, 0.4) is 0 Å². The van der Waals surface area contributed by atoms with Crippen LogP contribution in [0.4, 0.5) is 0 Å². The van der Waals surface area contributed by atoms with Gasteiger partial charge in [-0.25, -0.2) is 0 Å². The van der Waals surface area contributed by atoms with E-state index in [-0.39, 0.29) is 18.1 Å². The molecule has 14 heavy (non-hydrogen) atoms. The second kappa shape index (κ2) is 4.30. The zero-order valence-corrected chi connectivity index (χ0v) is 8.58. The first-order chi connectivity index (χ1) is 6.75. The lowest BCUT2D eigenvalue weighted by atomic mass is 10.1. The van der Waals surface area contributed by atoms with E-state index in [1.54, 1.807) is 0 Å². The van der Waals surface area contributed by atoms with Crippen molar-refractivity contribution in [2.45, 2.75) is 57.1 Å². The summed E-state index contributed by atoms with van der Waals surface area (Å²) in [5, 5.41) is 0. The molecular weight excluding hydrogens is 178 g/mol. The van der Waals surface area contributed by atoms with Crippen LogP contribution in [0.5, 0.6) is 0 Å². The molecule has 2 aliphatic rings. The van der Waals surface area contributed by atoms with E-state index in [0.717, 1.165) is 12.8 Å². The van der Waals surface area contributed by atoms with E-state index in [2.05, 4.69) is 0 Å². The highest BCUT2D eigenvalue weighted by Crippen LogP contribution is 2.33. The van der Waals surface area contributed by atoms with E-state index in [9.17, 15) is 4.79 Å². The van der Waals surface area contributed by atoms with Gasteiger partial charge in [0.2, 0.25) is 0 Å². The van der Waals surface area contributed by atoms with Gasteiger partial charge in [-0.2, -0.15) is 0 Å². The fourth-order valence-electron chi connectivity index (χ4n) is 2.12. The molecule has 2 aliphatic carbocycles. The van der Waals surface area contributed by atoms with Crippen LogP contribution in [-0.4, -0.2) is 18.1 Å². The van der Waals surface area contributed by atoms with Crippen molar-refractivity contribution in [3.05, 3.63) is 0 Å². The third kappa shape index (κ3) is 2.71. The van der Waals surface area contributed by atoms with Crippen LogP contribution in [0.15, 0.2) is 0 Å². The lowest BCUT2D eigenvalue weighted by Crippen LogP contribution is -2.28. The molecule has 3 nitrogen and oxygen atoms in total. The average molecular weight is 197 g/mol. The third-order valence-electron chi connectivity index (χ3n) is 3.23. The van der Waals surface area contributed by atoms with Gasteiger partial charge in [0.1, 0.15) is 6.10 Å². The number of ether oxygens (including phenoxy) is 1. The van der Waals surface area contributed by atoms with Crippen molar-refractivity contribution < 1.29 is 9.53 Å². The van der Waals surface area contributed by atoms with E-state index in [1.807, 2.05) is 0 Å². The summed E-state index contributed by atoms with van der Waals surface area (Å²) in [5.41, 5.74) is 5.85. The average Bonchev–Trinajstić information content (AvgIpc) is 2.87. The minimum absolute atomic E-state index is 0.0453. The Morgan fingerprint density at radius 2 is 1.93 bits per heavy atom. The zero-order valence-electron chi connectivity index (χ0n) is 8.58. The number of carbonyl (C=O) groups excluding carboxylic acids is 1. The maximum Gasteiger partial charge on any atom is 0.307 e. The van der Waals surface area contributed by atoms with Gasteiger partial charge in [0, 0.05) is 6.04 Å². The molecule has 2 saturated carbocycles. The SMILES string of the molecule is NC(CC(=O)OC1CCCC1)C1CC1. The lowest BCUT2D eigenvalue weighted by Gasteiger charge is -2.13. The van der Waals surface area contributed by atoms with Crippen LogP contribution in [0.25, 0.3) is 0 Å². The van der Waals surface area contributed by atoms with Gasteiger partial charge < -0.3 is 10.5 Å². The molecule has 80 valence electrons. The van der Waals surface area contributed by atoms with Crippen molar-refractivity contribution in [1.82, 2.24) is 0 Å². The monoisotopic (exact) mass is 197 g/mol. The van der Waals surface area contributed by atoms with Gasteiger partial charge in [0.25, 0.3) is 0 Å². The summed E-state index contributed by atoms with van der Waals surface area (Å²) in [6.45, 7) is 0. The summed E-state index contributed by atoms with van der Waals surface area (Å²) in [6, 6.07) is 0.0453. The number of rotatable bonds is 4. The summed E-state index contributed by atoms with van der Waals surface area (Å²) in [4.78, 5) is 11.4. The molecule has 3 heteroatoms. The maximum absolute atomic E-state index is 11.4. The topological polar surface area (TPSA) is 52.3 Å². The Morgan fingerprint density at radius 3 is 2.50 bits per heavy atom. The molecule has 0 aromatic rings. The van der Waals surface area contributed by atoms with Gasteiger partial charge in [-0.3, -0.25) is 4.79 Å². The summed E-state index contributed by atoms with van der Waals surface area (Å²) in [7, 11) is 0. The van der Waals surface area contributed by atoms with Gasteiger partial charge >= 0.3 is 5.97 Å². The fraction of sp³-hybridized carbons (Fsp3) is 0.909. The van der Waals surface area contributed by atoms with Crippen LogP contribution in [-0.2, 0) is 9.53 Å². The predicted molar refractivity (Wildman–Crippen MR) is 53.7 cm³/mol. The normalized spacial score (nSPS) is 24.9. The maximum atomic E-state index is 11.4. The van der Waals surface area contributed by atoms with Crippen LogP contribution in [0.1, 0.15) is 44.9 Å². The molecule has 0 radical (unpaired) electrons. The smallest absolute Gasteiger partial charge is 0.307 e. The molecule has 1 unspecified atom stereocenters. The van der Waals surface area contributed by atoms with Crippen LogP contribution in [0, 0.1) is 5.92 Å². The number of carbonyl (C=O) groups is 1. The highest BCUT2D eigenvalue weighted by atomic mass is 16.5. The Hall–Kier alpha value is -0.570. The van der Waals surface area contributed by atoms with Crippen LogP contribution >= 0.6 is 0 Å². The first kappa shape index (κ1) is 9.97. The minimum Gasteiger partial charge on any atom is -0.462 e. The number of hydrogen-bond acceptors (Lipinski definition) is 3. The first-order valence-corrected chi connectivity index (χ1v) is 5.71. The van der Waals surface area contributed by atoms with Gasteiger partial charge in [-0.15, -0.1) is 0 Å². The zero-order chi connectivity index (χ0) is 9.97. The van der Waals surface area contributed by atoms with Gasteiger partial charge in [-0.05, 0) is 44.4 Å². The number of hydrogen-bond donors (Lipinski definition) is 1. The van der Waals surface area contributed by atoms with Crippen molar-refractivity contribution in [3.8, 4) is 0 Å². The molecule has 0 aliphatic heterocycles. The van der Waals surface area contributed by atoms with Crippen molar-refractivity contribution in [1.29, 1.82) is 0 Å². The molecule has 0 aromatic heterocycles. The fourth-order valence-corrected chi connectivity index (χ4v) is 2.12. The Kier molecular flexibility index (Phi) is 3.06. The standard InChI is InChI=1S/C11H19NO2/c12-10(8-5-6-8)7-11(13)14-9-3-1-2-4-9/h8-10H,1-7,12H2. The Morgan fingerprint density at radius 1 is 1.29 bits per heavy atom. The lowest BCUT2D eigenvalue weighted by molar-refractivity contribution is -0.149. The van der Waals surface area contributed by atoms with E-state index in [1.165, 1.54) is 25.7 Å². The van der Waals surface area contributed by atoms with Gasteiger partial charge in [0.05, 0.1) is 6.42 Å². The van der Waals surface area contributed by atoms with Crippen molar-refractivity contribution >= 4 is 5.97 Å². The molecule has 0 saturated heterocycles. The first-order valence-electron chi connectivity index (χ1n) is 5.71. The molecular formula is C11H19NO2. The second-order valence-electron chi connectivity index (χ2n) is 4.60. The Labute approximate surface area is 85.0 Å². The molecule has 0 bridgehead atoms. The third-order valence-corrected chi connectivity index (χ3v) is 3.23. The summed E-state index contributed by atoms with van der Waals surface area (Å²) < 4.78 is 5.34. The van der Waals surface area contributed by atoms with Crippen molar-refractivity contribution in [2.75, 3.05) is 0 Å². The van der Waals surface area contributed by atoms with Crippen molar-refractivity contribution in [3.63, 3.8) is 0 Å². The van der Waals surface area contributed by atoms with Crippen molar-refractivity contribution in [2.24, 2.45) is 11.7 Å². The largest absolute Gasteiger partial charge is 0.462 e. The molecule has 0 aromatic carbocycles. The van der Waals surface area contributed by atoms with Crippen LogP contribution < -0.4 is 5.73 Å². The van der Waals surface area contributed by atoms with Crippen LogP contribution in [0.2, 0.25) is 0 Å². The molecule has 1 atom stereocenters. The molecule has 0 heterocycles. The number of esters is 1. The molecule has 0 spiro atoms. The van der Waals surface area contributed by atoms with Gasteiger partial charge in [-0.1, -0.05) is 0 Å². The number of nitrogens with two attached hydrogens (primary N) is 1. The molecule has 0 amide bonds. The minimum atomic E-state index is -0.0868. The molecule has 2 fully saturated rings. The second-order valence-corrected chi connectivity index (χ2v) is 4.60. The summed E-state index contributed by atoms with van der Waals surface area (Å²) >= 11 is 0. The summed E-state index contributed by atoms with van der Waals surface area (Å²) in [5.74, 6) is 0.502. The Bertz CT molecular complexity index is 201. The van der Waals surface area contributed by atoms with Gasteiger partial charge in [0.15, 0.2) is 0 Å². The van der Waals surface area contributed by atoms with E-state index < -0.39 is 0 Å². The van der Waals surface area contributed by atoms with E-state index >= 15 is 0 Å². The molecule has 2 rings (SSSR count). The Balaban J connectivity index is 1.66. The molecule has 2 N–H and O–H groups in total. The quantitative estimate of drug-likeness (QED) is 0.696. The van der Waals surface area contributed by atoms with E-state index in [0.29, 0.717) is 12.3 Å². The summed E-state index contributed by atoms with van der Waals surface area (Å²) in [6.07, 6.45) is 7.49. The highest BCUT2D eigenvalue weighted by Gasteiger charge is 2.31. The van der Waals surface area contributed by atoms with E-state index in [4.69, 9.17) is 10.5 Å². The highest BCUT2D eigenvalue weighted by molar-refractivity contribution is 5.70. The predicted octanol–water partition coefficient (Wildman–Crippen LogP) is 1.60.